The molecule has 9 heteroatoms. The van der Waals surface area contributed by atoms with Crippen LogP contribution in [0.3, 0.4) is 0 Å². The molecule has 2 aromatic rings. The molecular weight excluding hydrogens is 480 g/mol. The number of carbonyl (C=O) groups is 2. The van der Waals surface area contributed by atoms with E-state index in [2.05, 4.69) is 69.5 Å². The van der Waals surface area contributed by atoms with E-state index in [-0.39, 0.29) is 36.1 Å². The summed E-state index contributed by atoms with van der Waals surface area (Å²) in [5.74, 6) is 1.30. The molecule has 1 spiro atoms. The molecule has 3 amide bonds. The highest BCUT2D eigenvalue weighted by molar-refractivity contribution is 5.86. The van der Waals surface area contributed by atoms with Crippen molar-refractivity contribution in [1.82, 2.24) is 30.0 Å². The number of urea groups is 1. The lowest BCUT2D eigenvalue weighted by atomic mass is 9.68. The van der Waals surface area contributed by atoms with Gasteiger partial charge in [-0.1, -0.05) is 36.8 Å². The summed E-state index contributed by atoms with van der Waals surface area (Å²) in [7, 11) is 5.88. The van der Waals surface area contributed by atoms with Crippen molar-refractivity contribution in [2.24, 2.45) is 5.92 Å². The molecule has 0 atom stereocenters. The minimum atomic E-state index is -0.225. The molecule has 5 rings (SSSR count). The van der Waals surface area contributed by atoms with Crippen LogP contribution in [0.4, 0.5) is 4.79 Å². The van der Waals surface area contributed by atoms with Crippen molar-refractivity contribution >= 4 is 11.9 Å². The Labute approximate surface area is 225 Å². The van der Waals surface area contributed by atoms with Gasteiger partial charge in [0.1, 0.15) is 6.54 Å². The Bertz CT molecular complexity index is 1130. The van der Waals surface area contributed by atoms with Gasteiger partial charge in [-0.05, 0) is 64.1 Å². The number of benzene rings is 1. The maximum Gasteiger partial charge on any atom is 0.321 e. The number of hydrogen-bond donors (Lipinski definition) is 1. The van der Waals surface area contributed by atoms with E-state index < -0.39 is 0 Å². The standard InChI is InChI=1S/C29H40N6O3/c1-33(2)29(23-10-5-4-6-11-23)15-13-28(14-16-29)21-34(27(37)35(28)19-22-8-7-9-22)20-25(36)31-18-24-30-17-12-26(32-24)38-3/h4-6,10-12,17,22H,7-9,13-16,18-21H2,1-3H3,(H,31,36)/t28-,29-. The topological polar surface area (TPSA) is 90.9 Å². The number of carbonyl (C=O) groups excluding carboxylic acids is 2. The molecule has 2 aliphatic carbocycles. The second kappa shape index (κ2) is 10.9. The van der Waals surface area contributed by atoms with Gasteiger partial charge in [0.05, 0.1) is 19.2 Å². The summed E-state index contributed by atoms with van der Waals surface area (Å²) in [6, 6.07) is 12.4. The van der Waals surface area contributed by atoms with Gasteiger partial charge in [-0.15, -0.1) is 0 Å². The molecule has 2 heterocycles. The van der Waals surface area contributed by atoms with E-state index in [0.717, 1.165) is 32.2 Å². The molecule has 3 fully saturated rings. The number of nitrogens with one attached hydrogen (secondary N) is 1. The molecule has 0 bridgehead atoms. The Hall–Kier alpha value is -3.20. The Kier molecular flexibility index (Phi) is 7.56. The van der Waals surface area contributed by atoms with Crippen LogP contribution in [0.2, 0.25) is 0 Å². The van der Waals surface area contributed by atoms with Gasteiger partial charge < -0.3 is 19.9 Å². The highest BCUT2D eigenvalue weighted by Gasteiger charge is 2.55. The van der Waals surface area contributed by atoms with Crippen LogP contribution in [-0.4, -0.2) is 83.0 Å². The molecule has 9 nitrogen and oxygen atoms in total. The lowest BCUT2D eigenvalue weighted by molar-refractivity contribution is -0.121. The quantitative estimate of drug-likeness (QED) is 0.545. The molecule has 3 aliphatic rings. The molecule has 1 aromatic carbocycles. The first-order valence-corrected chi connectivity index (χ1v) is 13.8. The summed E-state index contributed by atoms with van der Waals surface area (Å²) < 4.78 is 5.14. The van der Waals surface area contributed by atoms with Crippen LogP contribution in [0.25, 0.3) is 0 Å². The molecule has 1 saturated heterocycles. The van der Waals surface area contributed by atoms with Gasteiger partial charge in [-0.3, -0.25) is 9.69 Å². The van der Waals surface area contributed by atoms with Crippen molar-refractivity contribution < 1.29 is 14.3 Å². The zero-order valence-electron chi connectivity index (χ0n) is 22.9. The molecule has 1 aliphatic heterocycles. The lowest BCUT2D eigenvalue weighted by Crippen LogP contribution is -2.56. The van der Waals surface area contributed by atoms with Crippen LogP contribution < -0.4 is 10.1 Å². The minimum Gasteiger partial charge on any atom is -0.481 e. The smallest absolute Gasteiger partial charge is 0.321 e. The number of methoxy groups -OCH3 is 1. The summed E-state index contributed by atoms with van der Waals surface area (Å²) in [4.78, 5) is 41.3. The number of hydrogen-bond acceptors (Lipinski definition) is 6. The molecule has 204 valence electrons. The third kappa shape index (κ3) is 5.08. The number of nitrogens with zero attached hydrogens (tertiary/aromatic N) is 5. The average molecular weight is 521 g/mol. The van der Waals surface area contributed by atoms with E-state index in [0.29, 0.717) is 24.2 Å². The summed E-state index contributed by atoms with van der Waals surface area (Å²) in [5.41, 5.74) is 1.07. The van der Waals surface area contributed by atoms with E-state index in [9.17, 15) is 9.59 Å². The largest absolute Gasteiger partial charge is 0.481 e. The van der Waals surface area contributed by atoms with Gasteiger partial charge in [0.2, 0.25) is 11.8 Å². The molecule has 0 radical (unpaired) electrons. The van der Waals surface area contributed by atoms with Crippen LogP contribution in [0.15, 0.2) is 42.6 Å². The monoisotopic (exact) mass is 520 g/mol. The van der Waals surface area contributed by atoms with Crippen LogP contribution in [0.1, 0.15) is 56.3 Å². The Morgan fingerprint density at radius 2 is 1.87 bits per heavy atom. The third-order valence-electron chi connectivity index (χ3n) is 9.07. The number of ether oxygens (including phenoxy) is 1. The van der Waals surface area contributed by atoms with Gasteiger partial charge in [-0.25, -0.2) is 9.78 Å². The highest BCUT2D eigenvalue weighted by atomic mass is 16.5. The summed E-state index contributed by atoms with van der Waals surface area (Å²) >= 11 is 0. The third-order valence-corrected chi connectivity index (χ3v) is 9.07. The van der Waals surface area contributed by atoms with Gasteiger partial charge in [0.25, 0.3) is 0 Å². The zero-order chi connectivity index (χ0) is 26.8. The van der Waals surface area contributed by atoms with E-state index >= 15 is 0 Å². The van der Waals surface area contributed by atoms with Crippen LogP contribution >= 0.6 is 0 Å². The fraction of sp³-hybridized carbons (Fsp3) is 0.586. The first-order valence-electron chi connectivity index (χ1n) is 13.8. The Morgan fingerprint density at radius 1 is 1.13 bits per heavy atom. The van der Waals surface area contributed by atoms with Gasteiger partial charge in [-0.2, -0.15) is 4.98 Å². The molecular formula is C29H40N6O3. The number of aromatic nitrogens is 2. The number of rotatable bonds is 9. The highest BCUT2D eigenvalue weighted by Crippen LogP contribution is 2.49. The predicted molar refractivity (Wildman–Crippen MR) is 144 cm³/mol. The van der Waals surface area contributed by atoms with Crippen molar-refractivity contribution in [3.05, 3.63) is 54.0 Å². The second-order valence-electron chi connectivity index (χ2n) is 11.4. The fourth-order valence-corrected chi connectivity index (χ4v) is 6.50. The van der Waals surface area contributed by atoms with Gasteiger partial charge in [0.15, 0.2) is 5.82 Å². The second-order valence-corrected chi connectivity index (χ2v) is 11.4. The first kappa shape index (κ1) is 26.4. The van der Waals surface area contributed by atoms with Crippen LogP contribution in [0.5, 0.6) is 5.88 Å². The molecule has 38 heavy (non-hydrogen) atoms. The lowest BCUT2D eigenvalue weighted by Gasteiger charge is -2.51. The Balaban J connectivity index is 1.29. The number of amides is 3. The van der Waals surface area contributed by atoms with E-state index in [1.54, 1.807) is 24.3 Å². The zero-order valence-corrected chi connectivity index (χ0v) is 22.9. The van der Waals surface area contributed by atoms with Crippen molar-refractivity contribution in [3.63, 3.8) is 0 Å². The summed E-state index contributed by atoms with van der Waals surface area (Å²) in [5, 5.41) is 2.88. The van der Waals surface area contributed by atoms with Gasteiger partial charge >= 0.3 is 6.03 Å². The molecule has 0 unspecified atom stereocenters. The van der Waals surface area contributed by atoms with Crippen molar-refractivity contribution in [2.45, 2.75) is 62.6 Å². The minimum absolute atomic E-state index is 0.00162. The summed E-state index contributed by atoms with van der Waals surface area (Å²) in [6.45, 7) is 1.63. The SMILES string of the molecule is COc1ccnc(CNC(=O)CN2C[C@]3(CC[C@@](c4ccccc4)(N(C)C)CC3)N(CC3CCC3)C2=O)n1. The van der Waals surface area contributed by atoms with Crippen molar-refractivity contribution in [2.75, 3.05) is 40.8 Å². The first-order chi connectivity index (χ1) is 18.3. The van der Waals surface area contributed by atoms with Crippen molar-refractivity contribution in [1.29, 1.82) is 0 Å². The fourth-order valence-electron chi connectivity index (χ4n) is 6.50. The van der Waals surface area contributed by atoms with E-state index in [1.165, 1.54) is 24.8 Å². The van der Waals surface area contributed by atoms with Crippen LogP contribution in [-0.2, 0) is 16.9 Å². The molecule has 2 saturated carbocycles. The van der Waals surface area contributed by atoms with E-state index in [1.807, 2.05) is 0 Å². The maximum absolute atomic E-state index is 13.7. The average Bonchev–Trinajstić information content (AvgIpc) is 3.15. The molecule has 1 aromatic heterocycles. The predicted octanol–water partition coefficient (Wildman–Crippen LogP) is 3.41. The van der Waals surface area contributed by atoms with Crippen molar-refractivity contribution in [3.8, 4) is 5.88 Å². The summed E-state index contributed by atoms with van der Waals surface area (Å²) in [6.07, 6.45) is 9.03. The Morgan fingerprint density at radius 3 is 2.50 bits per heavy atom. The normalized spacial score (nSPS) is 25.6. The molecule has 1 N–H and O–H groups in total. The maximum atomic E-state index is 13.7. The van der Waals surface area contributed by atoms with E-state index in [4.69, 9.17) is 4.74 Å². The van der Waals surface area contributed by atoms with Crippen LogP contribution in [0, 0.1) is 5.92 Å². The van der Waals surface area contributed by atoms with Gasteiger partial charge in [0, 0.05) is 30.9 Å².